The number of carbonyl (C=O) groups excluding carboxylic acids is 1. The van der Waals surface area contributed by atoms with E-state index in [2.05, 4.69) is 19.2 Å². The van der Waals surface area contributed by atoms with Crippen LogP contribution in [0.4, 0.5) is 10.5 Å². The van der Waals surface area contributed by atoms with Crippen LogP contribution in [0.25, 0.3) is 0 Å². The average Bonchev–Trinajstić information content (AvgIpc) is 2.53. The molecule has 122 valence electrons. The summed E-state index contributed by atoms with van der Waals surface area (Å²) in [5.41, 5.74) is 0.716. The zero-order valence-electron chi connectivity index (χ0n) is 13.4. The molecule has 0 aliphatic carbocycles. The van der Waals surface area contributed by atoms with E-state index in [0.717, 1.165) is 25.0 Å². The van der Waals surface area contributed by atoms with Crippen molar-refractivity contribution in [3.8, 4) is 5.75 Å². The van der Waals surface area contributed by atoms with Crippen LogP contribution in [0, 0.1) is 5.92 Å². The number of nitrogens with zero attached hydrogens (tertiary/aromatic N) is 1. The fourth-order valence-corrected chi connectivity index (χ4v) is 2.86. The third-order valence-electron chi connectivity index (χ3n) is 4.12. The highest BCUT2D eigenvalue weighted by Gasteiger charge is 2.31. The summed E-state index contributed by atoms with van der Waals surface area (Å²) in [6, 6.07) is 7.16. The molecule has 0 spiro atoms. The maximum Gasteiger partial charge on any atom is 0.322 e. The van der Waals surface area contributed by atoms with E-state index in [4.69, 9.17) is 4.74 Å². The molecule has 0 radical (unpaired) electrons. The van der Waals surface area contributed by atoms with E-state index in [1.165, 1.54) is 0 Å². The van der Waals surface area contributed by atoms with E-state index in [0.29, 0.717) is 24.8 Å². The Morgan fingerprint density at radius 2 is 2.32 bits per heavy atom. The predicted molar refractivity (Wildman–Crippen MR) is 87.2 cm³/mol. The molecule has 1 aromatic carbocycles. The summed E-state index contributed by atoms with van der Waals surface area (Å²) < 4.78 is 5.58. The summed E-state index contributed by atoms with van der Waals surface area (Å²) >= 11 is 0. The van der Waals surface area contributed by atoms with Gasteiger partial charge in [-0.05, 0) is 37.3 Å². The second-order valence-electron chi connectivity index (χ2n) is 5.87. The standard InChI is InChI=1S/C17H26N2O3/c1-3-10-22-15-8-4-7-14(11-15)18-17(21)19-9-5-6-13(2)16(19)12-20/h4,7-8,11,13,16,20H,3,5-6,9-10,12H2,1-2H3,(H,18,21). The number of anilines is 1. The van der Waals surface area contributed by atoms with E-state index in [1.54, 1.807) is 4.90 Å². The predicted octanol–water partition coefficient (Wildman–Crippen LogP) is 3.10. The Morgan fingerprint density at radius 3 is 3.05 bits per heavy atom. The zero-order chi connectivity index (χ0) is 15.9. The molecular formula is C17H26N2O3. The van der Waals surface area contributed by atoms with Crippen LogP contribution in [-0.4, -0.2) is 41.8 Å². The van der Waals surface area contributed by atoms with Crippen molar-refractivity contribution in [1.82, 2.24) is 4.90 Å². The van der Waals surface area contributed by atoms with E-state index < -0.39 is 0 Å². The largest absolute Gasteiger partial charge is 0.494 e. The summed E-state index contributed by atoms with van der Waals surface area (Å²) in [5.74, 6) is 1.08. The van der Waals surface area contributed by atoms with Gasteiger partial charge in [-0.15, -0.1) is 0 Å². The number of urea groups is 1. The molecule has 1 aliphatic heterocycles. The second kappa shape index (κ2) is 8.03. The minimum atomic E-state index is -0.154. The number of rotatable bonds is 5. The Kier molecular flexibility index (Phi) is 6.07. The molecule has 2 atom stereocenters. The van der Waals surface area contributed by atoms with Crippen molar-refractivity contribution in [3.63, 3.8) is 0 Å². The van der Waals surface area contributed by atoms with Gasteiger partial charge in [0.25, 0.3) is 0 Å². The van der Waals surface area contributed by atoms with Crippen LogP contribution in [0.15, 0.2) is 24.3 Å². The molecule has 1 fully saturated rings. The quantitative estimate of drug-likeness (QED) is 0.878. The number of aliphatic hydroxyl groups is 1. The summed E-state index contributed by atoms with van der Waals surface area (Å²) in [4.78, 5) is 14.2. The van der Waals surface area contributed by atoms with Crippen LogP contribution in [0.1, 0.15) is 33.1 Å². The molecule has 2 rings (SSSR count). The van der Waals surface area contributed by atoms with Gasteiger partial charge in [-0.25, -0.2) is 4.79 Å². The molecule has 1 heterocycles. The van der Waals surface area contributed by atoms with Gasteiger partial charge < -0.3 is 20.1 Å². The molecular weight excluding hydrogens is 280 g/mol. The Balaban J connectivity index is 2.01. The molecule has 0 aromatic heterocycles. The Labute approximate surface area is 132 Å². The van der Waals surface area contributed by atoms with Crippen molar-refractivity contribution >= 4 is 11.7 Å². The summed E-state index contributed by atoms with van der Waals surface area (Å²) in [6.07, 6.45) is 2.97. The molecule has 2 amide bonds. The van der Waals surface area contributed by atoms with Gasteiger partial charge in [-0.3, -0.25) is 0 Å². The van der Waals surface area contributed by atoms with Crippen molar-refractivity contribution in [2.75, 3.05) is 25.1 Å². The smallest absolute Gasteiger partial charge is 0.322 e. The monoisotopic (exact) mass is 306 g/mol. The summed E-state index contributed by atoms with van der Waals surface area (Å²) in [6.45, 7) is 5.49. The van der Waals surface area contributed by atoms with Crippen LogP contribution >= 0.6 is 0 Å². The fraction of sp³-hybridized carbons (Fsp3) is 0.588. The van der Waals surface area contributed by atoms with E-state index in [9.17, 15) is 9.90 Å². The molecule has 0 bridgehead atoms. The molecule has 0 saturated carbocycles. The molecule has 1 saturated heterocycles. The SMILES string of the molecule is CCCOc1cccc(NC(=O)N2CCCC(C)C2CO)c1. The number of carbonyl (C=O) groups is 1. The lowest BCUT2D eigenvalue weighted by atomic mass is 9.91. The number of likely N-dealkylation sites (tertiary alicyclic amines) is 1. The normalized spacial score (nSPS) is 21.5. The molecule has 2 N–H and O–H groups in total. The van der Waals surface area contributed by atoms with Gasteiger partial charge in [-0.2, -0.15) is 0 Å². The highest BCUT2D eigenvalue weighted by molar-refractivity contribution is 5.89. The summed E-state index contributed by atoms with van der Waals surface area (Å²) in [5, 5.41) is 12.5. The van der Waals surface area contributed by atoms with Gasteiger partial charge in [-0.1, -0.05) is 19.9 Å². The van der Waals surface area contributed by atoms with Gasteiger partial charge in [0.1, 0.15) is 5.75 Å². The Bertz CT molecular complexity index is 493. The molecule has 1 aliphatic rings. The lowest BCUT2D eigenvalue weighted by Crippen LogP contribution is -2.51. The van der Waals surface area contributed by atoms with Gasteiger partial charge in [0, 0.05) is 18.3 Å². The molecule has 2 unspecified atom stereocenters. The van der Waals surface area contributed by atoms with Crippen molar-refractivity contribution < 1.29 is 14.6 Å². The number of benzene rings is 1. The maximum atomic E-state index is 12.5. The van der Waals surface area contributed by atoms with Crippen molar-refractivity contribution in [3.05, 3.63) is 24.3 Å². The molecule has 5 nitrogen and oxygen atoms in total. The number of aliphatic hydroxyl groups excluding tert-OH is 1. The molecule has 5 heteroatoms. The van der Waals surface area contributed by atoms with E-state index in [-0.39, 0.29) is 18.7 Å². The molecule has 1 aromatic rings. The number of hydrogen-bond acceptors (Lipinski definition) is 3. The Hall–Kier alpha value is -1.75. The Morgan fingerprint density at radius 1 is 1.50 bits per heavy atom. The highest BCUT2D eigenvalue weighted by Crippen LogP contribution is 2.24. The number of hydrogen-bond donors (Lipinski definition) is 2. The molecule has 22 heavy (non-hydrogen) atoms. The number of nitrogens with one attached hydrogen (secondary N) is 1. The van der Waals surface area contributed by atoms with Crippen LogP contribution in [0.3, 0.4) is 0 Å². The van der Waals surface area contributed by atoms with Crippen molar-refractivity contribution in [2.45, 2.75) is 39.2 Å². The van der Waals surface area contributed by atoms with Gasteiger partial charge >= 0.3 is 6.03 Å². The van der Waals surface area contributed by atoms with Crippen LogP contribution in [-0.2, 0) is 0 Å². The van der Waals surface area contributed by atoms with Crippen molar-refractivity contribution in [1.29, 1.82) is 0 Å². The minimum absolute atomic E-state index is 0.00817. The third-order valence-corrected chi connectivity index (χ3v) is 4.12. The number of amides is 2. The number of piperidine rings is 1. The second-order valence-corrected chi connectivity index (χ2v) is 5.87. The maximum absolute atomic E-state index is 12.5. The first-order chi connectivity index (χ1) is 10.7. The van der Waals surface area contributed by atoms with Crippen LogP contribution in [0.5, 0.6) is 5.75 Å². The van der Waals surface area contributed by atoms with E-state index in [1.807, 2.05) is 24.3 Å². The number of ether oxygens (including phenoxy) is 1. The highest BCUT2D eigenvalue weighted by atomic mass is 16.5. The van der Waals surface area contributed by atoms with Gasteiger partial charge in [0.05, 0.1) is 19.3 Å². The minimum Gasteiger partial charge on any atom is -0.494 e. The first-order valence-electron chi connectivity index (χ1n) is 8.07. The topological polar surface area (TPSA) is 61.8 Å². The lowest BCUT2D eigenvalue weighted by molar-refractivity contribution is 0.0811. The average molecular weight is 306 g/mol. The fourth-order valence-electron chi connectivity index (χ4n) is 2.86. The van der Waals surface area contributed by atoms with E-state index >= 15 is 0 Å². The van der Waals surface area contributed by atoms with Crippen LogP contribution < -0.4 is 10.1 Å². The first-order valence-corrected chi connectivity index (χ1v) is 8.07. The van der Waals surface area contributed by atoms with Gasteiger partial charge in [0.15, 0.2) is 0 Å². The summed E-state index contributed by atoms with van der Waals surface area (Å²) in [7, 11) is 0. The first kappa shape index (κ1) is 16.6. The zero-order valence-corrected chi connectivity index (χ0v) is 13.4. The lowest BCUT2D eigenvalue weighted by Gasteiger charge is -2.38. The van der Waals surface area contributed by atoms with Crippen LogP contribution in [0.2, 0.25) is 0 Å². The van der Waals surface area contributed by atoms with Gasteiger partial charge in [0.2, 0.25) is 0 Å². The third kappa shape index (κ3) is 4.13. The van der Waals surface area contributed by atoms with Crippen molar-refractivity contribution in [2.24, 2.45) is 5.92 Å².